The standard InChI is InChI=1S/C15H15BrOS/c1-9-13(16)8-14(18-9)15(17)12-6-10-4-2-3-5-11(10)7-12/h2-5,8,12,15,17H,6-7H2,1H3. The van der Waals surface area contributed by atoms with Crippen LogP contribution in [0.3, 0.4) is 0 Å². The first kappa shape index (κ1) is 12.4. The summed E-state index contributed by atoms with van der Waals surface area (Å²) in [5.41, 5.74) is 2.79. The minimum absolute atomic E-state index is 0.326. The normalized spacial score (nSPS) is 16.8. The van der Waals surface area contributed by atoms with Crippen molar-refractivity contribution in [2.24, 2.45) is 5.92 Å². The second-order valence-electron chi connectivity index (χ2n) is 4.93. The maximum absolute atomic E-state index is 10.5. The van der Waals surface area contributed by atoms with Gasteiger partial charge in [-0.05, 0) is 58.8 Å². The number of rotatable bonds is 2. The van der Waals surface area contributed by atoms with E-state index in [9.17, 15) is 5.11 Å². The highest BCUT2D eigenvalue weighted by Crippen LogP contribution is 2.39. The number of aryl methyl sites for hydroxylation is 1. The fourth-order valence-corrected chi connectivity index (χ4v) is 4.32. The molecule has 0 saturated heterocycles. The monoisotopic (exact) mass is 322 g/mol. The molecule has 1 aromatic carbocycles. The van der Waals surface area contributed by atoms with Crippen molar-refractivity contribution in [2.75, 3.05) is 0 Å². The van der Waals surface area contributed by atoms with E-state index in [1.54, 1.807) is 11.3 Å². The molecule has 3 rings (SSSR count). The third-order valence-electron chi connectivity index (χ3n) is 3.70. The Bertz CT molecular complexity index is 531. The molecule has 18 heavy (non-hydrogen) atoms. The van der Waals surface area contributed by atoms with Crippen LogP contribution in [0.1, 0.15) is 27.0 Å². The van der Waals surface area contributed by atoms with E-state index in [0.29, 0.717) is 5.92 Å². The fraction of sp³-hybridized carbons (Fsp3) is 0.333. The molecule has 0 saturated carbocycles. The molecule has 1 heterocycles. The van der Waals surface area contributed by atoms with Crippen molar-refractivity contribution in [1.82, 2.24) is 0 Å². The molecular weight excluding hydrogens is 308 g/mol. The first-order valence-electron chi connectivity index (χ1n) is 6.16. The van der Waals surface area contributed by atoms with Crippen LogP contribution in [0.25, 0.3) is 0 Å². The van der Waals surface area contributed by atoms with Gasteiger partial charge in [0, 0.05) is 14.2 Å². The van der Waals surface area contributed by atoms with Crippen LogP contribution < -0.4 is 0 Å². The highest BCUT2D eigenvalue weighted by molar-refractivity contribution is 9.10. The van der Waals surface area contributed by atoms with Crippen molar-refractivity contribution >= 4 is 27.3 Å². The summed E-state index contributed by atoms with van der Waals surface area (Å²) < 4.78 is 1.11. The van der Waals surface area contributed by atoms with Gasteiger partial charge < -0.3 is 5.11 Å². The third kappa shape index (κ3) is 2.15. The highest BCUT2D eigenvalue weighted by Gasteiger charge is 2.29. The smallest absolute Gasteiger partial charge is 0.0916 e. The molecule has 2 aromatic rings. The van der Waals surface area contributed by atoms with E-state index >= 15 is 0 Å². The van der Waals surface area contributed by atoms with Gasteiger partial charge in [-0.2, -0.15) is 0 Å². The van der Waals surface area contributed by atoms with Crippen LogP contribution in [0.15, 0.2) is 34.8 Å². The number of hydrogen-bond donors (Lipinski definition) is 1. The second kappa shape index (κ2) is 4.80. The summed E-state index contributed by atoms with van der Waals surface area (Å²) in [4.78, 5) is 2.32. The summed E-state index contributed by atoms with van der Waals surface area (Å²) in [6.07, 6.45) is 1.64. The molecule has 0 aliphatic heterocycles. The lowest BCUT2D eigenvalue weighted by molar-refractivity contribution is 0.117. The first-order chi connectivity index (χ1) is 8.65. The summed E-state index contributed by atoms with van der Waals surface area (Å²) in [6.45, 7) is 2.08. The molecule has 1 aliphatic carbocycles. The van der Waals surface area contributed by atoms with E-state index in [0.717, 1.165) is 22.2 Å². The number of aliphatic hydroxyl groups is 1. The third-order valence-corrected chi connectivity index (χ3v) is 5.90. The molecule has 0 fully saturated rings. The molecule has 0 radical (unpaired) electrons. The fourth-order valence-electron chi connectivity index (χ4n) is 2.68. The zero-order valence-electron chi connectivity index (χ0n) is 10.2. The molecular formula is C15H15BrOS. The van der Waals surface area contributed by atoms with Crippen LogP contribution in [0.4, 0.5) is 0 Å². The Morgan fingerprint density at radius 2 is 1.89 bits per heavy atom. The van der Waals surface area contributed by atoms with Crippen molar-refractivity contribution in [3.63, 3.8) is 0 Å². The minimum Gasteiger partial charge on any atom is -0.387 e. The Morgan fingerprint density at radius 3 is 2.39 bits per heavy atom. The van der Waals surface area contributed by atoms with Gasteiger partial charge in [-0.15, -0.1) is 11.3 Å². The molecule has 3 heteroatoms. The molecule has 94 valence electrons. The van der Waals surface area contributed by atoms with Gasteiger partial charge in [-0.25, -0.2) is 0 Å². The molecule has 1 atom stereocenters. The van der Waals surface area contributed by atoms with Crippen molar-refractivity contribution in [1.29, 1.82) is 0 Å². The van der Waals surface area contributed by atoms with Gasteiger partial charge in [0.1, 0.15) is 0 Å². The molecule has 1 aromatic heterocycles. The molecule has 0 bridgehead atoms. The molecule has 0 spiro atoms. The minimum atomic E-state index is -0.340. The van der Waals surface area contributed by atoms with Gasteiger partial charge >= 0.3 is 0 Å². The van der Waals surface area contributed by atoms with Gasteiger partial charge in [0.05, 0.1) is 6.10 Å². The number of fused-ring (bicyclic) bond motifs is 1. The predicted molar refractivity (Wildman–Crippen MR) is 79.1 cm³/mol. The SMILES string of the molecule is Cc1sc(C(O)C2Cc3ccccc3C2)cc1Br. The molecule has 1 N–H and O–H groups in total. The van der Waals surface area contributed by atoms with Crippen LogP contribution in [-0.4, -0.2) is 5.11 Å². The van der Waals surface area contributed by atoms with Crippen molar-refractivity contribution in [2.45, 2.75) is 25.9 Å². The molecule has 1 nitrogen and oxygen atoms in total. The lowest BCUT2D eigenvalue weighted by Crippen LogP contribution is -2.11. The van der Waals surface area contributed by atoms with E-state index in [2.05, 4.69) is 53.2 Å². The van der Waals surface area contributed by atoms with Crippen molar-refractivity contribution < 1.29 is 5.11 Å². The largest absolute Gasteiger partial charge is 0.387 e. The average molecular weight is 323 g/mol. The van der Waals surface area contributed by atoms with Gasteiger partial charge in [0.2, 0.25) is 0 Å². The topological polar surface area (TPSA) is 20.2 Å². The summed E-state index contributed by atoms with van der Waals surface area (Å²) in [6, 6.07) is 10.6. The van der Waals surface area contributed by atoms with Crippen molar-refractivity contribution in [3.05, 3.63) is 55.7 Å². The highest BCUT2D eigenvalue weighted by atomic mass is 79.9. The van der Waals surface area contributed by atoms with Crippen LogP contribution in [-0.2, 0) is 12.8 Å². The second-order valence-corrected chi connectivity index (χ2v) is 7.08. The summed E-state index contributed by atoms with van der Waals surface area (Å²) in [5.74, 6) is 0.326. The van der Waals surface area contributed by atoms with Crippen LogP contribution in [0.5, 0.6) is 0 Å². The Labute approximate surface area is 120 Å². The average Bonchev–Trinajstić information content (AvgIpc) is 2.93. The number of aliphatic hydroxyl groups excluding tert-OH is 1. The van der Waals surface area contributed by atoms with Crippen LogP contribution >= 0.6 is 27.3 Å². The first-order valence-corrected chi connectivity index (χ1v) is 7.77. The van der Waals surface area contributed by atoms with Crippen LogP contribution in [0.2, 0.25) is 0 Å². The lowest BCUT2D eigenvalue weighted by atomic mass is 9.98. The molecule has 0 amide bonds. The van der Waals surface area contributed by atoms with Gasteiger partial charge in [-0.3, -0.25) is 0 Å². The summed E-state index contributed by atoms with van der Waals surface area (Å²) in [5, 5.41) is 10.5. The van der Waals surface area contributed by atoms with E-state index in [4.69, 9.17) is 0 Å². The number of thiophene rings is 1. The summed E-state index contributed by atoms with van der Waals surface area (Å²) >= 11 is 5.21. The lowest BCUT2D eigenvalue weighted by Gasteiger charge is -2.15. The maximum Gasteiger partial charge on any atom is 0.0916 e. The summed E-state index contributed by atoms with van der Waals surface area (Å²) in [7, 11) is 0. The van der Waals surface area contributed by atoms with Crippen LogP contribution in [0, 0.1) is 12.8 Å². The Hall–Kier alpha value is -0.640. The quantitative estimate of drug-likeness (QED) is 0.875. The zero-order chi connectivity index (χ0) is 12.7. The van der Waals surface area contributed by atoms with Crippen molar-refractivity contribution in [3.8, 4) is 0 Å². The van der Waals surface area contributed by atoms with E-state index in [-0.39, 0.29) is 6.10 Å². The Kier molecular flexibility index (Phi) is 3.31. The predicted octanol–water partition coefficient (Wildman–Crippen LogP) is 4.27. The molecule has 1 aliphatic rings. The zero-order valence-corrected chi connectivity index (χ0v) is 12.6. The van der Waals surface area contributed by atoms with Gasteiger partial charge in [0.25, 0.3) is 0 Å². The van der Waals surface area contributed by atoms with E-state index in [1.165, 1.54) is 16.0 Å². The number of halogens is 1. The number of benzene rings is 1. The molecule has 1 unspecified atom stereocenters. The van der Waals surface area contributed by atoms with Gasteiger partial charge in [-0.1, -0.05) is 24.3 Å². The Balaban J connectivity index is 1.82. The maximum atomic E-state index is 10.5. The van der Waals surface area contributed by atoms with E-state index < -0.39 is 0 Å². The van der Waals surface area contributed by atoms with Gasteiger partial charge in [0.15, 0.2) is 0 Å². The number of hydrogen-bond acceptors (Lipinski definition) is 2. The van der Waals surface area contributed by atoms with E-state index in [1.807, 2.05) is 0 Å². The Morgan fingerprint density at radius 1 is 1.28 bits per heavy atom.